The van der Waals surface area contributed by atoms with E-state index in [2.05, 4.69) is 16.0 Å². The fourth-order valence-electron chi connectivity index (χ4n) is 2.33. The summed E-state index contributed by atoms with van der Waals surface area (Å²) in [6.07, 6.45) is 3.90. The van der Waals surface area contributed by atoms with Crippen molar-refractivity contribution in [2.75, 3.05) is 26.7 Å². The lowest BCUT2D eigenvalue weighted by atomic mass is 9.92. The average Bonchev–Trinajstić information content (AvgIpc) is 2.43. The first-order valence-corrected chi connectivity index (χ1v) is 7.15. The maximum Gasteiger partial charge on any atom is 0.227 e. The zero-order chi connectivity index (χ0) is 14.3. The second-order valence-corrected chi connectivity index (χ2v) is 5.99. The predicted octanol–water partition coefficient (Wildman–Crippen LogP) is 0.655. The van der Waals surface area contributed by atoms with Crippen LogP contribution in [0.4, 0.5) is 0 Å². The molecular weight excluding hydrogens is 242 g/mol. The molecule has 1 unspecified atom stereocenters. The Morgan fingerprint density at radius 3 is 2.68 bits per heavy atom. The van der Waals surface area contributed by atoms with Gasteiger partial charge in [0.1, 0.15) is 0 Å². The van der Waals surface area contributed by atoms with E-state index in [1.54, 1.807) is 7.05 Å². The zero-order valence-electron chi connectivity index (χ0n) is 12.3. The normalized spacial score (nSPS) is 19.8. The second kappa shape index (κ2) is 7.48. The molecule has 19 heavy (non-hydrogen) atoms. The summed E-state index contributed by atoms with van der Waals surface area (Å²) < 4.78 is 0. The average molecular weight is 269 g/mol. The van der Waals surface area contributed by atoms with Crippen LogP contribution in [-0.2, 0) is 9.59 Å². The van der Waals surface area contributed by atoms with Gasteiger partial charge < -0.3 is 16.0 Å². The Morgan fingerprint density at radius 1 is 1.37 bits per heavy atom. The molecule has 3 N–H and O–H groups in total. The van der Waals surface area contributed by atoms with E-state index in [0.29, 0.717) is 18.9 Å². The second-order valence-electron chi connectivity index (χ2n) is 5.99. The molecule has 2 amide bonds. The van der Waals surface area contributed by atoms with Crippen LogP contribution in [0.2, 0.25) is 0 Å². The van der Waals surface area contributed by atoms with Gasteiger partial charge in [0, 0.05) is 20.0 Å². The number of nitrogens with one attached hydrogen (secondary N) is 3. The molecule has 0 bridgehead atoms. The summed E-state index contributed by atoms with van der Waals surface area (Å²) in [5.74, 6) is 0.610. The number of carbonyl (C=O) groups is 2. The van der Waals surface area contributed by atoms with Crippen LogP contribution in [0.1, 0.15) is 39.5 Å². The number of hydrogen-bond acceptors (Lipinski definition) is 3. The molecule has 5 nitrogen and oxygen atoms in total. The van der Waals surface area contributed by atoms with Crippen molar-refractivity contribution in [2.45, 2.75) is 39.5 Å². The molecule has 1 heterocycles. The van der Waals surface area contributed by atoms with Gasteiger partial charge >= 0.3 is 0 Å². The van der Waals surface area contributed by atoms with E-state index in [4.69, 9.17) is 0 Å². The summed E-state index contributed by atoms with van der Waals surface area (Å²) in [6, 6.07) is 0. The van der Waals surface area contributed by atoms with Gasteiger partial charge in [-0.05, 0) is 52.1 Å². The Morgan fingerprint density at radius 2 is 2.11 bits per heavy atom. The van der Waals surface area contributed by atoms with Crippen LogP contribution in [0.25, 0.3) is 0 Å². The van der Waals surface area contributed by atoms with E-state index in [-0.39, 0.29) is 11.8 Å². The van der Waals surface area contributed by atoms with Crippen LogP contribution < -0.4 is 16.0 Å². The largest absolute Gasteiger partial charge is 0.359 e. The highest BCUT2D eigenvalue weighted by Crippen LogP contribution is 2.16. The molecule has 1 aliphatic rings. The van der Waals surface area contributed by atoms with E-state index in [1.807, 2.05) is 13.8 Å². The first kappa shape index (κ1) is 16.0. The molecule has 0 aliphatic carbocycles. The van der Waals surface area contributed by atoms with Crippen molar-refractivity contribution in [2.24, 2.45) is 11.3 Å². The number of rotatable bonds is 6. The highest BCUT2D eigenvalue weighted by atomic mass is 16.2. The Balaban J connectivity index is 2.22. The molecule has 1 aliphatic heterocycles. The van der Waals surface area contributed by atoms with Gasteiger partial charge in [-0.15, -0.1) is 0 Å². The van der Waals surface area contributed by atoms with Crippen molar-refractivity contribution in [1.29, 1.82) is 0 Å². The third kappa shape index (κ3) is 5.59. The minimum atomic E-state index is -0.559. The molecule has 0 aromatic heterocycles. The van der Waals surface area contributed by atoms with E-state index in [0.717, 1.165) is 19.5 Å². The van der Waals surface area contributed by atoms with Crippen LogP contribution in [-0.4, -0.2) is 38.5 Å². The van der Waals surface area contributed by atoms with Gasteiger partial charge in [-0.25, -0.2) is 0 Å². The van der Waals surface area contributed by atoms with Crippen molar-refractivity contribution in [3.8, 4) is 0 Å². The highest BCUT2D eigenvalue weighted by Gasteiger charge is 2.27. The SMILES string of the molecule is CNC(=O)C(C)(C)CNC(=O)CCC1CCCNC1. The number of hydrogen-bond donors (Lipinski definition) is 3. The zero-order valence-corrected chi connectivity index (χ0v) is 12.3. The number of amides is 2. The van der Waals surface area contributed by atoms with Crippen LogP contribution in [0, 0.1) is 11.3 Å². The summed E-state index contributed by atoms with van der Waals surface area (Å²) in [5, 5.41) is 8.82. The van der Waals surface area contributed by atoms with E-state index in [1.165, 1.54) is 12.8 Å². The highest BCUT2D eigenvalue weighted by molar-refractivity contribution is 5.83. The lowest BCUT2D eigenvalue weighted by Crippen LogP contribution is -2.43. The molecule has 1 saturated heterocycles. The summed E-state index contributed by atoms with van der Waals surface area (Å²) >= 11 is 0. The van der Waals surface area contributed by atoms with Crippen molar-refractivity contribution in [1.82, 2.24) is 16.0 Å². The van der Waals surface area contributed by atoms with Crippen molar-refractivity contribution in [3.63, 3.8) is 0 Å². The monoisotopic (exact) mass is 269 g/mol. The van der Waals surface area contributed by atoms with Crippen LogP contribution in [0.3, 0.4) is 0 Å². The Labute approximate surface area is 115 Å². The third-order valence-corrected chi connectivity index (χ3v) is 3.75. The van der Waals surface area contributed by atoms with Gasteiger partial charge in [-0.1, -0.05) is 0 Å². The summed E-state index contributed by atoms with van der Waals surface area (Å²) in [6.45, 7) is 6.17. The van der Waals surface area contributed by atoms with Gasteiger partial charge in [0.25, 0.3) is 0 Å². The molecule has 110 valence electrons. The molecule has 1 rings (SSSR count). The minimum Gasteiger partial charge on any atom is -0.359 e. The fraction of sp³-hybridized carbons (Fsp3) is 0.857. The van der Waals surface area contributed by atoms with Crippen LogP contribution >= 0.6 is 0 Å². The maximum absolute atomic E-state index is 11.8. The third-order valence-electron chi connectivity index (χ3n) is 3.75. The van der Waals surface area contributed by atoms with Gasteiger partial charge in [0.15, 0.2) is 0 Å². The lowest BCUT2D eigenvalue weighted by molar-refractivity contribution is -0.129. The molecular formula is C14H27N3O2. The number of piperidine rings is 1. The molecule has 0 spiro atoms. The van der Waals surface area contributed by atoms with Crippen LogP contribution in [0.5, 0.6) is 0 Å². The first-order valence-electron chi connectivity index (χ1n) is 7.15. The first-order chi connectivity index (χ1) is 8.95. The van der Waals surface area contributed by atoms with Crippen LogP contribution in [0.15, 0.2) is 0 Å². The van der Waals surface area contributed by atoms with Gasteiger partial charge in [0.05, 0.1) is 5.41 Å². The van der Waals surface area contributed by atoms with Gasteiger partial charge in [0.2, 0.25) is 11.8 Å². The van der Waals surface area contributed by atoms with Gasteiger partial charge in [-0.2, -0.15) is 0 Å². The smallest absolute Gasteiger partial charge is 0.227 e. The molecule has 0 radical (unpaired) electrons. The molecule has 5 heteroatoms. The van der Waals surface area contributed by atoms with Crippen molar-refractivity contribution in [3.05, 3.63) is 0 Å². The van der Waals surface area contributed by atoms with E-state index >= 15 is 0 Å². The number of carbonyl (C=O) groups excluding carboxylic acids is 2. The molecule has 0 aromatic carbocycles. The summed E-state index contributed by atoms with van der Waals surface area (Å²) in [4.78, 5) is 23.4. The summed E-state index contributed by atoms with van der Waals surface area (Å²) in [7, 11) is 1.61. The predicted molar refractivity (Wildman–Crippen MR) is 75.7 cm³/mol. The minimum absolute atomic E-state index is 0.0440. The summed E-state index contributed by atoms with van der Waals surface area (Å²) in [5.41, 5.74) is -0.559. The Bertz CT molecular complexity index is 310. The van der Waals surface area contributed by atoms with Gasteiger partial charge in [-0.3, -0.25) is 9.59 Å². The van der Waals surface area contributed by atoms with Crippen molar-refractivity contribution >= 4 is 11.8 Å². The molecule has 1 atom stereocenters. The lowest BCUT2D eigenvalue weighted by Gasteiger charge is -2.24. The fourth-order valence-corrected chi connectivity index (χ4v) is 2.33. The molecule has 0 aromatic rings. The van der Waals surface area contributed by atoms with E-state index in [9.17, 15) is 9.59 Å². The van der Waals surface area contributed by atoms with Crippen molar-refractivity contribution < 1.29 is 9.59 Å². The Hall–Kier alpha value is -1.10. The molecule has 1 fully saturated rings. The quantitative estimate of drug-likeness (QED) is 0.663. The topological polar surface area (TPSA) is 70.2 Å². The Kier molecular flexibility index (Phi) is 6.28. The molecule has 0 saturated carbocycles. The van der Waals surface area contributed by atoms with E-state index < -0.39 is 5.41 Å². The maximum atomic E-state index is 11.8. The standard InChI is InChI=1S/C14H27N3O2/c1-14(2,13(19)15-3)10-17-12(18)7-6-11-5-4-8-16-9-11/h11,16H,4-10H2,1-3H3,(H,15,19)(H,17,18).